The number of carboxylic acid groups (broad SMARTS) is 2. The second-order valence-electron chi connectivity index (χ2n) is 7.13. The molecule has 0 saturated carbocycles. The number of hydrogen-bond donors (Lipinski definition) is 2. The Morgan fingerprint density at radius 1 is 0.758 bits per heavy atom. The first kappa shape index (κ1) is 25.6. The number of nitrogens with one attached hydrogen (secondary N) is 2. The van der Waals surface area contributed by atoms with Gasteiger partial charge in [0, 0.05) is 57.8 Å². The summed E-state index contributed by atoms with van der Waals surface area (Å²) in [7, 11) is 0. The Bertz CT molecular complexity index is 1190. The normalized spacial score (nSPS) is 12.9. The number of carbonyl (C=O) groups is 2. The number of H-pyrrole nitrogens is 2. The molecule has 0 aliphatic carbocycles. The minimum absolute atomic E-state index is 0. The van der Waals surface area contributed by atoms with Crippen LogP contribution in [-0.2, 0) is 26.7 Å². The smallest absolute Gasteiger partial charge is 0.548 e. The second kappa shape index (κ2) is 11.8. The number of rotatable bonds is 6. The van der Waals surface area contributed by atoms with Crippen LogP contribution in [0.2, 0.25) is 0 Å². The van der Waals surface area contributed by atoms with Crippen molar-refractivity contribution in [1.29, 1.82) is 0 Å². The van der Waals surface area contributed by atoms with E-state index < -0.39 is 24.0 Å². The Hall–Kier alpha value is -3.68. The summed E-state index contributed by atoms with van der Waals surface area (Å²) in [6, 6.07) is 13.9. The van der Waals surface area contributed by atoms with Gasteiger partial charge in [0.05, 0.1) is 24.0 Å². The van der Waals surface area contributed by atoms with Crippen LogP contribution in [0.25, 0.3) is 21.8 Å². The number of carbonyl (C=O) groups excluding carboxylic acids is 2. The standard InChI is InChI=1S/2C12H12N2O2.Cu/c2*1-8(12(15)16)13-6-9-7-14-11-5-3-2-4-10(9)11;/h2*2-8,14H,1H3,(H,15,16);/q;;+2/p-2/t2*8-;/m00./s1. The molecule has 0 bridgehead atoms. The zero-order valence-corrected chi connectivity index (χ0v) is 18.9. The van der Waals surface area contributed by atoms with Gasteiger partial charge in [-0.25, -0.2) is 0 Å². The number of carboxylic acids is 2. The van der Waals surface area contributed by atoms with E-state index in [9.17, 15) is 19.8 Å². The average molecular weight is 494 g/mol. The van der Waals surface area contributed by atoms with Gasteiger partial charge in [0.1, 0.15) is 0 Å². The summed E-state index contributed by atoms with van der Waals surface area (Å²) in [6.07, 6.45) is 6.71. The fourth-order valence-electron chi connectivity index (χ4n) is 2.91. The predicted molar refractivity (Wildman–Crippen MR) is 121 cm³/mol. The van der Waals surface area contributed by atoms with Gasteiger partial charge in [-0.3, -0.25) is 9.98 Å². The number of para-hydroxylation sites is 2. The zero-order chi connectivity index (χ0) is 23.1. The maximum atomic E-state index is 10.5. The van der Waals surface area contributed by atoms with Gasteiger partial charge in [-0.1, -0.05) is 36.4 Å². The van der Waals surface area contributed by atoms with Crippen LogP contribution in [0, 0.1) is 0 Å². The molecule has 0 spiro atoms. The molecule has 4 aromatic rings. The number of aromatic nitrogens is 2. The Morgan fingerprint density at radius 2 is 1.12 bits per heavy atom. The van der Waals surface area contributed by atoms with E-state index in [0.717, 1.165) is 32.9 Å². The minimum Gasteiger partial charge on any atom is -0.548 e. The molecule has 2 aromatic carbocycles. The fourth-order valence-corrected chi connectivity index (χ4v) is 2.91. The summed E-state index contributed by atoms with van der Waals surface area (Å²) in [6.45, 7) is 2.97. The summed E-state index contributed by atoms with van der Waals surface area (Å²) in [4.78, 5) is 35.0. The maximum Gasteiger partial charge on any atom is 2.00 e. The van der Waals surface area contributed by atoms with Gasteiger partial charge in [-0.2, -0.15) is 0 Å². The van der Waals surface area contributed by atoms with Crippen LogP contribution >= 0.6 is 0 Å². The van der Waals surface area contributed by atoms with Crippen molar-refractivity contribution in [2.45, 2.75) is 25.9 Å². The Labute approximate surface area is 200 Å². The molecule has 2 N–H and O–H groups in total. The van der Waals surface area contributed by atoms with Crippen molar-refractivity contribution in [2.75, 3.05) is 0 Å². The first-order chi connectivity index (χ1) is 15.4. The number of nitrogens with zero attached hydrogens (tertiary/aromatic N) is 2. The van der Waals surface area contributed by atoms with Crippen molar-refractivity contribution in [3.05, 3.63) is 72.1 Å². The van der Waals surface area contributed by atoms with E-state index in [4.69, 9.17) is 0 Å². The third-order valence-corrected chi connectivity index (χ3v) is 4.80. The number of fused-ring (bicyclic) bond motifs is 2. The van der Waals surface area contributed by atoms with Crippen LogP contribution in [0.4, 0.5) is 0 Å². The van der Waals surface area contributed by atoms with Crippen molar-refractivity contribution < 1.29 is 36.9 Å². The molecule has 2 aromatic heterocycles. The van der Waals surface area contributed by atoms with Gasteiger partial charge < -0.3 is 29.8 Å². The topological polar surface area (TPSA) is 137 Å². The van der Waals surface area contributed by atoms with Crippen LogP contribution in [0.15, 0.2) is 70.9 Å². The van der Waals surface area contributed by atoms with E-state index in [1.165, 1.54) is 13.8 Å². The summed E-state index contributed by atoms with van der Waals surface area (Å²) < 4.78 is 0. The van der Waals surface area contributed by atoms with Gasteiger partial charge in [0.15, 0.2) is 0 Å². The number of aromatic amines is 2. The zero-order valence-electron chi connectivity index (χ0n) is 17.9. The van der Waals surface area contributed by atoms with E-state index in [0.29, 0.717) is 0 Å². The van der Waals surface area contributed by atoms with Gasteiger partial charge in [-0.05, 0) is 26.0 Å². The molecule has 33 heavy (non-hydrogen) atoms. The first-order valence-corrected chi connectivity index (χ1v) is 9.97. The molecule has 9 heteroatoms. The van der Waals surface area contributed by atoms with E-state index >= 15 is 0 Å². The first-order valence-electron chi connectivity index (χ1n) is 9.97. The van der Waals surface area contributed by atoms with Gasteiger partial charge in [0.25, 0.3) is 0 Å². The molecule has 0 amide bonds. The molecular weight excluding hydrogens is 472 g/mol. The number of hydrogen-bond acceptors (Lipinski definition) is 6. The molecular formula is C24H22CuN4O4. The summed E-state index contributed by atoms with van der Waals surface area (Å²) in [5, 5.41) is 23.0. The maximum absolute atomic E-state index is 10.5. The minimum atomic E-state index is -1.17. The van der Waals surface area contributed by atoms with E-state index in [1.54, 1.807) is 24.8 Å². The van der Waals surface area contributed by atoms with E-state index in [2.05, 4.69) is 20.0 Å². The van der Waals surface area contributed by atoms with Gasteiger partial charge in [0.2, 0.25) is 0 Å². The molecule has 173 valence electrons. The molecule has 2 heterocycles. The fraction of sp³-hybridized carbons (Fsp3) is 0.167. The number of benzene rings is 2. The summed E-state index contributed by atoms with van der Waals surface area (Å²) >= 11 is 0. The van der Waals surface area contributed by atoms with Crippen LogP contribution in [0.5, 0.6) is 0 Å². The molecule has 1 radical (unpaired) electrons. The van der Waals surface area contributed by atoms with Crippen LogP contribution < -0.4 is 10.2 Å². The quantitative estimate of drug-likeness (QED) is 0.310. The molecule has 4 rings (SSSR count). The van der Waals surface area contributed by atoms with E-state index in [-0.39, 0.29) is 17.1 Å². The molecule has 0 aliphatic heterocycles. The molecule has 0 fully saturated rings. The van der Waals surface area contributed by atoms with Crippen molar-refractivity contribution >= 4 is 46.2 Å². The Morgan fingerprint density at radius 3 is 1.48 bits per heavy atom. The summed E-state index contributed by atoms with van der Waals surface area (Å²) in [5.74, 6) is -2.34. The monoisotopic (exact) mass is 493 g/mol. The van der Waals surface area contributed by atoms with Crippen LogP contribution in [-0.4, -0.2) is 46.4 Å². The van der Waals surface area contributed by atoms with E-state index in [1.807, 2.05) is 48.5 Å². The largest absolute Gasteiger partial charge is 2.00 e. The summed E-state index contributed by atoms with van der Waals surface area (Å²) in [5.41, 5.74) is 3.77. The molecule has 0 aliphatic rings. The van der Waals surface area contributed by atoms with Crippen LogP contribution in [0.1, 0.15) is 25.0 Å². The van der Waals surface area contributed by atoms with Crippen molar-refractivity contribution in [3.8, 4) is 0 Å². The molecule has 8 nitrogen and oxygen atoms in total. The SMILES string of the molecule is C[C@H](N=Cc1c[nH]c2ccccc12)C(=O)[O-].C[C@H](N=Cc1c[nH]c2ccccc12)C(=O)[O-].[Cu+2]. The molecule has 0 unspecified atom stereocenters. The predicted octanol–water partition coefficient (Wildman–Crippen LogP) is 1.45. The Balaban J connectivity index is 0.000000227. The molecule has 0 saturated heterocycles. The number of aliphatic imine (C=N–C) groups is 2. The van der Waals surface area contributed by atoms with Crippen molar-refractivity contribution in [3.63, 3.8) is 0 Å². The van der Waals surface area contributed by atoms with Crippen molar-refractivity contribution in [2.24, 2.45) is 9.98 Å². The van der Waals surface area contributed by atoms with Gasteiger partial charge in [-0.15, -0.1) is 0 Å². The van der Waals surface area contributed by atoms with Crippen LogP contribution in [0.3, 0.4) is 0 Å². The van der Waals surface area contributed by atoms with Crippen molar-refractivity contribution in [1.82, 2.24) is 9.97 Å². The second-order valence-corrected chi connectivity index (χ2v) is 7.13. The Kier molecular flexibility index (Phi) is 9.15. The third-order valence-electron chi connectivity index (χ3n) is 4.80. The average Bonchev–Trinajstić information content (AvgIpc) is 3.40. The molecule has 2 atom stereocenters. The van der Waals surface area contributed by atoms with Gasteiger partial charge >= 0.3 is 17.1 Å². The third kappa shape index (κ3) is 6.65. The number of aliphatic carboxylic acids is 2.